The molecule has 0 saturated carbocycles. The highest BCUT2D eigenvalue weighted by Gasteiger charge is 2.30. The summed E-state index contributed by atoms with van der Waals surface area (Å²) in [7, 11) is 0. The fraction of sp³-hybridized carbons (Fsp3) is 0.316. The van der Waals surface area contributed by atoms with Gasteiger partial charge in [-0.1, -0.05) is 24.1 Å². The first-order chi connectivity index (χ1) is 12.3. The smallest absolute Gasteiger partial charge is 0.254 e. The summed E-state index contributed by atoms with van der Waals surface area (Å²) >= 11 is 1.62. The van der Waals surface area contributed by atoms with Gasteiger partial charge in [0.15, 0.2) is 5.76 Å². The van der Waals surface area contributed by atoms with Crippen LogP contribution in [0.4, 0.5) is 0 Å². The number of hydrogen-bond donors (Lipinski definition) is 0. The normalized spacial score (nSPS) is 18.1. The van der Waals surface area contributed by atoms with Gasteiger partial charge in [-0.3, -0.25) is 9.78 Å². The Morgan fingerprint density at radius 2 is 2.08 bits per heavy atom. The number of aromatic nitrogens is 2. The van der Waals surface area contributed by atoms with Crippen LogP contribution in [0.2, 0.25) is 0 Å². The second-order valence-electron chi connectivity index (χ2n) is 6.19. The minimum Gasteiger partial charge on any atom is -0.355 e. The van der Waals surface area contributed by atoms with E-state index in [0.717, 1.165) is 48.6 Å². The number of likely N-dealkylation sites (tertiary alicyclic amines) is 1. The van der Waals surface area contributed by atoms with Gasteiger partial charge in [0, 0.05) is 30.6 Å². The molecule has 3 aromatic rings. The second kappa shape index (κ2) is 7.19. The van der Waals surface area contributed by atoms with Crippen LogP contribution in [-0.2, 0) is 0 Å². The third-order valence-corrected chi connectivity index (χ3v) is 5.46. The maximum atomic E-state index is 13.0. The van der Waals surface area contributed by atoms with Crippen molar-refractivity contribution in [2.75, 3.05) is 6.54 Å². The van der Waals surface area contributed by atoms with Crippen molar-refractivity contribution in [2.45, 2.75) is 31.7 Å². The quantitative estimate of drug-likeness (QED) is 0.693. The van der Waals surface area contributed by atoms with Gasteiger partial charge in [0.1, 0.15) is 5.69 Å². The fourth-order valence-corrected chi connectivity index (χ4v) is 3.97. The number of amides is 1. The molecule has 4 heterocycles. The van der Waals surface area contributed by atoms with Crippen molar-refractivity contribution >= 4 is 17.2 Å². The van der Waals surface area contributed by atoms with E-state index < -0.39 is 0 Å². The third-order valence-electron chi connectivity index (χ3n) is 4.57. The lowest BCUT2D eigenvalue weighted by molar-refractivity contribution is 0.0674. The number of nitrogens with zero attached hydrogens (tertiary/aromatic N) is 3. The van der Waals surface area contributed by atoms with Crippen LogP contribution in [0.15, 0.2) is 52.6 Å². The summed E-state index contributed by atoms with van der Waals surface area (Å²) in [5.74, 6) is 0.806. The molecule has 0 N–H and O–H groups in total. The van der Waals surface area contributed by atoms with Crippen LogP contribution in [0.5, 0.6) is 0 Å². The molecule has 6 heteroatoms. The van der Waals surface area contributed by atoms with Gasteiger partial charge < -0.3 is 9.42 Å². The van der Waals surface area contributed by atoms with Crippen molar-refractivity contribution in [2.24, 2.45) is 0 Å². The van der Waals surface area contributed by atoms with Crippen molar-refractivity contribution in [1.29, 1.82) is 0 Å². The van der Waals surface area contributed by atoms with Crippen molar-refractivity contribution < 1.29 is 9.32 Å². The van der Waals surface area contributed by atoms with Crippen molar-refractivity contribution in [3.05, 3.63) is 59.4 Å². The highest BCUT2D eigenvalue weighted by molar-refractivity contribution is 7.13. The van der Waals surface area contributed by atoms with Crippen LogP contribution in [0.3, 0.4) is 0 Å². The molecule has 0 bridgehead atoms. The highest BCUT2D eigenvalue weighted by Crippen LogP contribution is 2.34. The SMILES string of the molecule is O=C(c1ccncc1)N1CCCCCC1c1cc(-c2cccs2)on1. The minimum atomic E-state index is -0.0411. The van der Waals surface area contributed by atoms with Crippen LogP contribution in [0, 0.1) is 0 Å². The zero-order valence-corrected chi connectivity index (χ0v) is 14.6. The molecule has 1 amide bonds. The number of carbonyl (C=O) groups is 1. The van der Waals surface area contributed by atoms with Crippen molar-refractivity contribution in [3.63, 3.8) is 0 Å². The lowest BCUT2D eigenvalue weighted by Gasteiger charge is -2.28. The number of hydrogen-bond acceptors (Lipinski definition) is 5. The Hall–Kier alpha value is -2.47. The average Bonchev–Trinajstić information content (AvgIpc) is 3.29. The van der Waals surface area contributed by atoms with Gasteiger partial charge in [0.25, 0.3) is 5.91 Å². The Bertz CT molecular complexity index is 829. The Labute approximate surface area is 150 Å². The molecule has 1 aliphatic heterocycles. The van der Waals surface area contributed by atoms with Gasteiger partial charge in [0.2, 0.25) is 0 Å². The van der Waals surface area contributed by atoms with E-state index in [0.29, 0.717) is 5.56 Å². The molecule has 1 atom stereocenters. The first-order valence-electron chi connectivity index (χ1n) is 8.54. The van der Waals surface area contributed by atoms with E-state index in [2.05, 4.69) is 10.1 Å². The van der Waals surface area contributed by atoms with Gasteiger partial charge in [0.05, 0.1) is 10.9 Å². The lowest BCUT2D eigenvalue weighted by Crippen LogP contribution is -2.35. The van der Waals surface area contributed by atoms with Crippen LogP contribution < -0.4 is 0 Å². The summed E-state index contributed by atoms with van der Waals surface area (Å²) < 4.78 is 5.55. The molecule has 1 aliphatic rings. The maximum Gasteiger partial charge on any atom is 0.254 e. The summed E-state index contributed by atoms with van der Waals surface area (Å²) in [5, 5.41) is 6.31. The molecule has 5 nitrogen and oxygen atoms in total. The molecule has 0 radical (unpaired) electrons. The molecule has 4 rings (SSSR count). The number of carbonyl (C=O) groups excluding carboxylic acids is 1. The summed E-state index contributed by atoms with van der Waals surface area (Å²) in [5.41, 5.74) is 1.51. The summed E-state index contributed by atoms with van der Waals surface area (Å²) in [6, 6.07) is 9.48. The maximum absolute atomic E-state index is 13.0. The van der Waals surface area contributed by atoms with Crippen molar-refractivity contribution in [3.8, 4) is 10.6 Å². The molecule has 1 unspecified atom stereocenters. The molecule has 1 fully saturated rings. The first-order valence-corrected chi connectivity index (χ1v) is 9.42. The monoisotopic (exact) mass is 353 g/mol. The lowest BCUT2D eigenvalue weighted by atomic mass is 10.1. The summed E-state index contributed by atoms with van der Waals surface area (Å²) in [4.78, 5) is 20.0. The van der Waals surface area contributed by atoms with E-state index in [-0.39, 0.29) is 11.9 Å². The minimum absolute atomic E-state index is 0.0370. The van der Waals surface area contributed by atoms with Crippen LogP contribution in [0.1, 0.15) is 47.8 Å². The molecule has 0 aliphatic carbocycles. The predicted octanol–water partition coefficient (Wildman–Crippen LogP) is 4.56. The predicted molar refractivity (Wildman–Crippen MR) is 96.3 cm³/mol. The van der Waals surface area contributed by atoms with E-state index in [9.17, 15) is 4.79 Å². The van der Waals surface area contributed by atoms with Gasteiger partial charge in [-0.05, 0) is 36.4 Å². The van der Waals surface area contributed by atoms with Crippen LogP contribution in [-0.4, -0.2) is 27.5 Å². The van der Waals surface area contributed by atoms with Crippen LogP contribution in [0.25, 0.3) is 10.6 Å². The van der Waals surface area contributed by atoms with Gasteiger partial charge in [-0.2, -0.15) is 0 Å². The van der Waals surface area contributed by atoms with E-state index in [1.165, 1.54) is 0 Å². The molecular weight excluding hydrogens is 334 g/mol. The Morgan fingerprint density at radius 1 is 1.20 bits per heavy atom. The van der Waals surface area contributed by atoms with Gasteiger partial charge in [-0.25, -0.2) is 0 Å². The van der Waals surface area contributed by atoms with Gasteiger partial charge >= 0.3 is 0 Å². The average molecular weight is 353 g/mol. The fourth-order valence-electron chi connectivity index (χ4n) is 3.30. The standard InChI is InChI=1S/C19H19N3O2S/c23-19(14-7-9-20-10-8-14)22-11-3-1-2-5-16(22)15-13-17(24-21-15)18-6-4-12-25-18/h4,6-10,12-13,16H,1-3,5,11H2. The number of rotatable bonds is 3. The molecule has 128 valence electrons. The molecule has 0 spiro atoms. The van der Waals surface area contributed by atoms with E-state index in [1.807, 2.05) is 28.5 Å². The van der Waals surface area contributed by atoms with Crippen molar-refractivity contribution in [1.82, 2.24) is 15.0 Å². The molecule has 3 aromatic heterocycles. The van der Waals surface area contributed by atoms with E-state index in [4.69, 9.17) is 4.52 Å². The molecular formula is C19H19N3O2S. The molecule has 25 heavy (non-hydrogen) atoms. The first kappa shape index (κ1) is 16.0. The number of thiophene rings is 1. The van der Waals surface area contributed by atoms with E-state index >= 15 is 0 Å². The Morgan fingerprint density at radius 3 is 2.88 bits per heavy atom. The Balaban J connectivity index is 1.64. The summed E-state index contributed by atoms with van der Waals surface area (Å²) in [6.45, 7) is 0.743. The topological polar surface area (TPSA) is 59.2 Å². The van der Waals surface area contributed by atoms with E-state index in [1.54, 1.807) is 35.9 Å². The summed E-state index contributed by atoms with van der Waals surface area (Å²) in [6.07, 6.45) is 7.46. The third kappa shape index (κ3) is 3.35. The molecule has 0 aromatic carbocycles. The Kier molecular flexibility index (Phi) is 4.61. The largest absolute Gasteiger partial charge is 0.355 e. The highest BCUT2D eigenvalue weighted by atomic mass is 32.1. The van der Waals surface area contributed by atoms with Gasteiger partial charge in [-0.15, -0.1) is 11.3 Å². The zero-order chi connectivity index (χ0) is 17.1. The zero-order valence-electron chi connectivity index (χ0n) is 13.8. The number of pyridine rings is 1. The molecule has 1 saturated heterocycles. The van der Waals surface area contributed by atoms with Crippen LogP contribution >= 0.6 is 11.3 Å². The second-order valence-corrected chi connectivity index (χ2v) is 7.14.